The third-order valence-corrected chi connectivity index (χ3v) is 4.03. The fourth-order valence-electron chi connectivity index (χ4n) is 2.50. The van der Waals surface area contributed by atoms with Crippen LogP contribution in [0.25, 0.3) is 11.3 Å². The molecule has 1 heterocycles. The molecular weight excluding hydrogens is 356 g/mol. The zero-order valence-electron chi connectivity index (χ0n) is 13.8. The van der Waals surface area contributed by atoms with Crippen molar-refractivity contribution in [3.63, 3.8) is 0 Å². The molecule has 0 aliphatic heterocycles. The number of aromatic nitrogens is 2. The topological polar surface area (TPSA) is 84.6 Å². The molecule has 2 N–H and O–H groups in total. The Morgan fingerprint density at radius 3 is 2.58 bits per heavy atom. The predicted molar refractivity (Wildman–Crippen MR) is 97.9 cm³/mol. The number of rotatable bonds is 7. The largest absolute Gasteiger partial charge is 0.504 e. The molecule has 2 aromatic carbocycles. The van der Waals surface area contributed by atoms with Gasteiger partial charge in [0.2, 0.25) is 0 Å². The molecule has 0 unspecified atom stereocenters. The second-order valence-electron chi connectivity index (χ2n) is 5.62. The van der Waals surface area contributed by atoms with E-state index in [0.29, 0.717) is 36.0 Å². The summed E-state index contributed by atoms with van der Waals surface area (Å²) in [7, 11) is 0. The Hall–Kier alpha value is -2.99. The first-order chi connectivity index (χ1) is 12.5. The van der Waals surface area contributed by atoms with Crippen LogP contribution in [-0.4, -0.2) is 32.6 Å². The molecule has 0 fully saturated rings. The van der Waals surface area contributed by atoms with Crippen molar-refractivity contribution in [2.75, 3.05) is 6.61 Å². The van der Waals surface area contributed by atoms with E-state index in [0.717, 1.165) is 5.56 Å². The lowest BCUT2D eigenvalue weighted by Gasteiger charge is -2.08. The van der Waals surface area contributed by atoms with Gasteiger partial charge in [0.05, 0.1) is 12.3 Å². The first-order valence-electron chi connectivity index (χ1n) is 8.02. The maximum Gasteiger partial charge on any atom is 0.354 e. The number of benzene rings is 2. The maximum atomic E-state index is 11.5. The number of hydrogen-bond donors (Lipinski definition) is 2. The molecule has 0 saturated heterocycles. The van der Waals surface area contributed by atoms with Crippen molar-refractivity contribution in [2.24, 2.45) is 0 Å². The third kappa shape index (κ3) is 4.15. The van der Waals surface area contributed by atoms with Gasteiger partial charge in [-0.2, -0.15) is 5.10 Å². The minimum absolute atomic E-state index is 0.0721. The van der Waals surface area contributed by atoms with Crippen molar-refractivity contribution in [2.45, 2.75) is 13.0 Å². The van der Waals surface area contributed by atoms with Gasteiger partial charge in [0.25, 0.3) is 0 Å². The second kappa shape index (κ2) is 7.93. The number of carbonyl (C=O) groups is 1. The Kier molecular flexibility index (Phi) is 5.43. The minimum atomic E-state index is -1.04. The van der Waals surface area contributed by atoms with Crippen LogP contribution in [0.4, 0.5) is 0 Å². The summed E-state index contributed by atoms with van der Waals surface area (Å²) in [5.74, 6) is -0.574. The van der Waals surface area contributed by atoms with Crippen molar-refractivity contribution in [1.82, 2.24) is 9.78 Å². The Balaban J connectivity index is 1.68. The third-order valence-electron chi connectivity index (χ3n) is 3.78. The van der Waals surface area contributed by atoms with E-state index in [4.69, 9.17) is 16.3 Å². The standard InChI is InChI=1S/C19H17ClN2O4/c20-14-8-6-13(7-9-14)15-12-16(19(24)25)22(21-15)10-3-11-26-18-5-2-1-4-17(18)23/h1-2,4-9,12,23H,3,10-11H2,(H,24,25). The van der Waals surface area contributed by atoms with Gasteiger partial charge in [-0.15, -0.1) is 0 Å². The predicted octanol–water partition coefficient (Wildman–Crippen LogP) is 4.08. The van der Waals surface area contributed by atoms with Gasteiger partial charge in [-0.1, -0.05) is 35.9 Å². The van der Waals surface area contributed by atoms with Gasteiger partial charge in [0.1, 0.15) is 5.69 Å². The number of phenolic OH excluding ortho intramolecular Hbond substituents is 1. The number of aromatic hydroxyl groups is 1. The molecule has 134 valence electrons. The van der Waals surface area contributed by atoms with Gasteiger partial charge in [-0.3, -0.25) is 4.68 Å². The van der Waals surface area contributed by atoms with Crippen molar-refractivity contribution in [3.05, 3.63) is 65.3 Å². The number of aromatic carboxylic acids is 1. The zero-order chi connectivity index (χ0) is 18.5. The lowest BCUT2D eigenvalue weighted by atomic mass is 10.1. The maximum absolute atomic E-state index is 11.5. The van der Waals surface area contributed by atoms with Gasteiger partial charge in [-0.25, -0.2) is 4.79 Å². The highest BCUT2D eigenvalue weighted by Crippen LogP contribution is 2.25. The minimum Gasteiger partial charge on any atom is -0.504 e. The number of para-hydroxylation sites is 2. The number of ether oxygens (including phenoxy) is 1. The van der Waals surface area contributed by atoms with Crippen LogP contribution in [0.15, 0.2) is 54.6 Å². The molecule has 0 aliphatic rings. The SMILES string of the molecule is O=C(O)c1cc(-c2ccc(Cl)cc2)nn1CCCOc1ccccc1O. The Morgan fingerprint density at radius 2 is 1.88 bits per heavy atom. The number of carboxylic acids is 1. The number of phenols is 1. The summed E-state index contributed by atoms with van der Waals surface area (Å²) < 4.78 is 6.96. The molecule has 0 aliphatic carbocycles. The molecule has 0 radical (unpaired) electrons. The van der Waals surface area contributed by atoms with E-state index in [1.54, 1.807) is 48.5 Å². The van der Waals surface area contributed by atoms with E-state index in [1.165, 1.54) is 10.7 Å². The lowest BCUT2D eigenvalue weighted by Crippen LogP contribution is -2.12. The van der Waals surface area contributed by atoms with Crippen LogP contribution in [0.3, 0.4) is 0 Å². The quantitative estimate of drug-likeness (QED) is 0.610. The van der Waals surface area contributed by atoms with E-state index in [1.807, 2.05) is 0 Å². The molecule has 0 spiro atoms. The lowest BCUT2D eigenvalue weighted by molar-refractivity contribution is 0.0682. The zero-order valence-corrected chi connectivity index (χ0v) is 14.6. The number of carboxylic acid groups (broad SMARTS) is 1. The van der Waals surface area contributed by atoms with E-state index in [2.05, 4.69) is 5.10 Å². The molecule has 3 rings (SSSR count). The number of nitrogens with zero attached hydrogens (tertiary/aromatic N) is 2. The first kappa shape index (κ1) is 17.8. The summed E-state index contributed by atoms with van der Waals surface area (Å²) in [4.78, 5) is 11.5. The Morgan fingerprint density at radius 1 is 1.15 bits per heavy atom. The fraction of sp³-hybridized carbons (Fsp3) is 0.158. The first-order valence-corrected chi connectivity index (χ1v) is 8.40. The van der Waals surface area contributed by atoms with Crippen molar-refractivity contribution in [3.8, 4) is 22.8 Å². The molecule has 0 bridgehead atoms. The molecule has 6 nitrogen and oxygen atoms in total. The highest BCUT2D eigenvalue weighted by Gasteiger charge is 2.15. The summed E-state index contributed by atoms with van der Waals surface area (Å²) in [6.07, 6.45) is 0.538. The van der Waals surface area contributed by atoms with Crippen LogP contribution in [0.1, 0.15) is 16.9 Å². The second-order valence-corrected chi connectivity index (χ2v) is 6.06. The summed E-state index contributed by atoms with van der Waals surface area (Å²) >= 11 is 5.88. The van der Waals surface area contributed by atoms with Crippen LogP contribution < -0.4 is 4.74 Å². The molecule has 1 aromatic heterocycles. The summed E-state index contributed by atoms with van der Waals surface area (Å²) in [6.45, 7) is 0.704. The highest BCUT2D eigenvalue weighted by atomic mass is 35.5. The number of aryl methyl sites for hydroxylation is 1. The average molecular weight is 373 g/mol. The monoisotopic (exact) mass is 372 g/mol. The number of hydrogen-bond acceptors (Lipinski definition) is 4. The van der Waals surface area contributed by atoms with E-state index >= 15 is 0 Å². The molecule has 26 heavy (non-hydrogen) atoms. The van der Waals surface area contributed by atoms with Crippen molar-refractivity contribution < 1.29 is 19.7 Å². The van der Waals surface area contributed by atoms with Gasteiger partial charge in [-0.05, 0) is 30.3 Å². The normalized spacial score (nSPS) is 10.7. The van der Waals surface area contributed by atoms with E-state index < -0.39 is 5.97 Å². The molecule has 7 heteroatoms. The molecule has 3 aromatic rings. The molecular formula is C19H17ClN2O4. The summed E-state index contributed by atoms with van der Waals surface area (Å²) in [5, 5.41) is 24.0. The van der Waals surface area contributed by atoms with Crippen molar-refractivity contribution >= 4 is 17.6 Å². The van der Waals surface area contributed by atoms with Crippen LogP contribution in [0.2, 0.25) is 5.02 Å². The van der Waals surface area contributed by atoms with Crippen LogP contribution in [0.5, 0.6) is 11.5 Å². The Labute approximate surface area is 155 Å². The van der Waals surface area contributed by atoms with E-state index in [9.17, 15) is 15.0 Å². The van der Waals surface area contributed by atoms with Crippen LogP contribution in [0, 0.1) is 0 Å². The fourth-order valence-corrected chi connectivity index (χ4v) is 2.62. The smallest absolute Gasteiger partial charge is 0.354 e. The van der Waals surface area contributed by atoms with E-state index in [-0.39, 0.29) is 11.4 Å². The highest BCUT2D eigenvalue weighted by molar-refractivity contribution is 6.30. The van der Waals surface area contributed by atoms with Crippen LogP contribution >= 0.6 is 11.6 Å². The van der Waals surface area contributed by atoms with Gasteiger partial charge >= 0.3 is 5.97 Å². The molecule has 0 saturated carbocycles. The van der Waals surface area contributed by atoms with Crippen LogP contribution in [-0.2, 0) is 6.54 Å². The average Bonchev–Trinajstić information content (AvgIpc) is 3.05. The van der Waals surface area contributed by atoms with Crippen molar-refractivity contribution in [1.29, 1.82) is 0 Å². The summed E-state index contributed by atoms with van der Waals surface area (Å²) in [5.41, 5.74) is 1.47. The molecule has 0 atom stereocenters. The van der Waals surface area contributed by atoms with Gasteiger partial charge in [0.15, 0.2) is 11.5 Å². The van der Waals surface area contributed by atoms with Gasteiger partial charge in [0, 0.05) is 23.6 Å². The molecule has 0 amide bonds. The number of halogens is 1. The van der Waals surface area contributed by atoms with Gasteiger partial charge < -0.3 is 14.9 Å². The summed E-state index contributed by atoms with van der Waals surface area (Å²) in [6, 6.07) is 15.3. The Bertz CT molecular complexity index is 906.